The minimum absolute atomic E-state index is 0.0799. The molecule has 0 spiro atoms. The lowest BCUT2D eigenvalue weighted by molar-refractivity contribution is -0.131. The molecule has 0 fully saturated rings. The number of amides is 1. The molecule has 142 valence electrons. The van der Waals surface area contributed by atoms with E-state index < -0.39 is 0 Å². The summed E-state index contributed by atoms with van der Waals surface area (Å²) in [5.41, 5.74) is 1.20. The summed E-state index contributed by atoms with van der Waals surface area (Å²) < 4.78 is 2.62. The largest absolute Gasteiger partial charge is 0.350 e. The average molecular weight is 406 g/mol. The van der Waals surface area contributed by atoms with Crippen LogP contribution in [0.25, 0.3) is 5.65 Å². The van der Waals surface area contributed by atoms with Gasteiger partial charge in [0, 0.05) is 36.3 Å². The van der Waals surface area contributed by atoms with Crippen LogP contribution in [0.1, 0.15) is 19.4 Å². The van der Waals surface area contributed by atoms with E-state index in [1.54, 1.807) is 17.3 Å². The molecule has 0 atom stereocenters. The molecule has 7 nitrogen and oxygen atoms in total. The van der Waals surface area contributed by atoms with Crippen LogP contribution in [-0.2, 0) is 17.1 Å². The number of fused-ring (bicyclic) bond motifs is 1. The van der Waals surface area contributed by atoms with E-state index in [2.05, 4.69) is 10.1 Å². The predicted molar refractivity (Wildman–Crippen MR) is 106 cm³/mol. The van der Waals surface area contributed by atoms with Crippen molar-refractivity contribution in [1.82, 2.24) is 24.1 Å². The highest BCUT2D eigenvalue weighted by molar-refractivity contribution is 7.98. The Morgan fingerprint density at radius 2 is 1.93 bits per heavy atom. The van der Waals surface area contributed by atoms with Gasteiger partial charge in [-0.05, 0) is 31.5 Å². The van der Waals surface area contributed by atoms with Crippen LogP contribution in [0.3, 0.4) is 0 Å². The van der Waals surface area contributed by atoms with E-state index in [0.29, 0.717) is 34.5 Å². The van der Waals surface area contributed by atoms with Crippen LogP contribution in [0.5, 0.6) is 0 Å². The fourth-order valence-corrected chi connectivity index (χ4v) is 3.69. The summed E-state index contributed by atoms with van der Waals surface area (Å²) in [4.78, 5) is 30.9. The van der Waals surface area contributed by atoms with E-state index in [0.717, 1.165) is 5.56 Å². The topological polar surface area (TPSA) is 72.5 Å². The molecule has 0 bridgehead atoms. The average Bonchev–Trinajstić information content (AvgIpc) is 2.99. The Bertz CT molecular complexity index is 995. The molecule has 0 aliphatic carbocycles. The van der Waals surface area contributed by atoms with Gasteiger partial charge in [-0.3, -0.25) is 4.79 Å². The number of likely N-dealkylation sites (N-methyl/N-ethyl adjacent to an activating group) is 1. The highest BCUT2D eigenvalue weighted by atomic mass is 35.5. The standard InChI is InChI=1S/C18H20ClN5O2S/c1-3-22(4-2)15(25)11-24-18(26)23-10-9-20-17(16(23)21-24)27-12-13-5-7-14(19)8-6-13/h5-10H,3-4,11-12H2,1-2H3. The summed E-state index contributed by atoms with van der Waals surface area (Å²) in [7, 11) is 0. The van der Waals surface area contributed by atoms with Crippen LogP contribution < -0.4 is 5.69 Å². The maximum Gasteiger partial charge on any atom is 0.350 e. The number of thioether (sulfide) groups is 1. The Labute approximate surface area is 166 Å². The minimum atomic E-state index is -0.346. The van der Waals surface area contributed by atoms with Crippen molar-refractivity contribution in [3.05, 3.63) is 57.7 Å². The monoisotopic (exact) mass is 405 g/mol. The van der Waals surface area contributed by atoms with Gasteiger partial charge in [0.1, 0.15) is 11.6 Å². The van der Waals surface area contributed by atoms with Gasteiger partial charge >= 0.3 is 5.69 Å². The number of rotatable bonds is 7. The number of hydrogen-bond donors (Lipinski definition) is 0. The second-order valence-corrected chi connectivity index (χ2v) is 7.25. The zero-order chi connectivity index (χ0) is 19.4. The summed E-state index contributed by atoms with van der Waals surface area (Å²) in [6.45, 7) is 4.93. The lowest BCUT2D eigenvalue weighted by Gasteiger charge is -2.17. The normalized spacial score (nSPS) is 11.1. The van der Waals surface area contributed by atoms with Gasteiger partial charge in [0.15, 0.2) is 5.65 Å². The van der Waals surface area contributed by atoms with Crippen LogP contribution in [0, 0.1) is 0 Å². The van der Waals surface area contributed by atoms with Gasteiger partial charge in [0.05, 0.1) is 0 Å². The predicted octanol–water partition coefficient (Wildman–Crippen LogP) is 2.71. The van der Waals surface area contributed by atoms with Crippen LogP contribution >= 0.6 is 23.4 Å². The van der Waals surface area contributed by atoms with Crippen molar-refractivity contribution in [3.63, 3.8) is 0 Å². The molecule has 1 amide bonds. The molecule has 0 radical (unpaired) electrons. The molecule has 0 saturated carbocycles. The van der Waals surface area contributed by atoms with E-state index >= 15 is 0 Å². The summed E-state index contributed by atoms with van der Waals surface area (Å²) in [5, 5.41) is 5.67. The molecule has 2 aromatic heterocycles. The highest BCUT2D eigenvalue weighted by Crippen LogP contribution is 2.24. The van der Waals surface area contributed by atoms with Crippen molar-refractivity contribution in [2.75, 3.05) is 13.1 Å². The maximum atomic E-state index is 12.6. The first-order valence-electron chi connectivity index (χ1n) is 8.62. The van der Waals surface area contributed by atoms with E-state index in [1.807, 2.05) is 38.1 Å². The first-order chi connectivity index (χ1) is 13.0. The number of hydrogen-bond acceptors (Lipinski definition) is 5. The molecule has 0 N–H and O–H groups in total. The number of halogens is 1. The second-order valence-electron chi connectivity index (χ2n) is 5.85. The lowest BCUT2D eigenvalue weighted by atomic mass is 10.2. The summed E-state index contributed by atoms with van der Waals surface area (Å²) in [6, 6.07) is 7.57. The molecule has 9 heteroatoms. The van der Waals surface area contributed by atoms with Crippen LogP contribution in [0.15, 0.2) is 46.5 Å². The summed E-state index contributed by atoms with van der Waals surface area (Å²) in [5.74, 6) is 0.539. The molecule has 0 unspecified atom stereocenters. The summed E-state index contributed by atoms with van der Waals surface area (Å²) in [6.07, 6.45) is 3.13. The molecule has 0 saturated heterocycles. The fraction of sp³-hybridized carbons (Fsp3) is 0.333. The summed E-state index contributed by atoms with van der Waals surface area (Å²) >= 11 is 7.39. The van der Waals surface area contributed by atoms with Gasteiger partial charge in [-0.2, -0.15) is 0 Å². The van der Waals surface area contributed by atoms with Gasteiger partial charge < -0.3 is 4.90 Å². The van der Waals surface area contributed by atoms with E-state index in [9.17, 15) is 9.59 Å². The van der Waals surface area contributed by atoms with Crippen molar-refractivity contribution in [3.8, 4) is 0 Å². The van der Waals surface area contributed by atoms with Gasteiger partial charge in [-0.1, -0.05) is 35.5 Å². The molecule has 1 aromatic carbocycles. The second kappa shape index (κ2) is 8.58. The van der Waals surface area contributed by atoms with Gasteiger partial charge in [-0.25, -0.2) is 18.9 Å². The first kappa shape index (κ1) is 19.4. The molecule has 2 heterocycles. The quantitative estimate of drug-likeness (QED) is 0.565. The number of aromatic nitrogens is 4. The molecule has 3 aromatic rings. The van der Waals surface area contributed by atoms with E-state index in [-0.39, 0.29) is 18.1 Å². The first-order valence-corrected chi connectivity index (χ1v) is 9.99. The van der Waals surface area contributed by atoms with E-state index in [1.165, 1.54) is 20.8 Å². The van der Waals surface area contributed by atoms with Crippen LogP contribution in [-0.4, -0.2) is 43.1 Å². The third-order valence-corrected chi connectivity index (χ3v) is 5.45. The Hall–Kier alpha value is -2.32. The van der Waals surface area contributed by atoms with Gasteiger partial charge in [0.25, 0.3) is 0 Å². The van der Waals surface area contributed by atoms with Crippen LogP contribution in [0.2, 0.25) is 5.02 Å². The Balaban J connectivity index is 1.84. The molecule has 3 rings (SSSR count). The zero-order valence-electron chi connectivity index (χ0n) is 15.1. The smallest absolute Gasteiger partial charge is 0.342 e. The Morgan fingerprint density at radius 1 is 1.22 bits per heavy atom. The molecule has 27 heavy (non-hydrogen) atoms. The lowest BCUT2D eigenvalue weighted by Crippen LogP contribution is -2.36. The van der Waals surface area contributed by atoms with Crippen molar-refractivity contribution < 1.29 is 4.79 Å². The van der Waals surface area contributed by atoms with Crippen molar-refractivity contribution in [1.29, 1.82) is 0 Å². The molecular weight excluding hydrogens is 386 g/mol. The number of benzene rings is 1. The van der Waals surface area contributed by atoms with Gasteiger partial charge in [-0.15, -0.1) is 5.10 Å². The maximum absolute atomic E-state index is 12.6. The van der Waals surface area contributed by atoms with Crippen molar-refractivity contribution in [2.24, 2.45) is 0 Å². The number of carbonyl (C=O) groups is 1. The number of nitrogens with zero attached hydrogens (tertiary/aromatic N) is 5. The molecule has 0 aliphatic heterocycles. The van der Waals surface area contributed by atoms with E-state index in [4.69, 9.17) is 11.6 Å². The zero-order valence-corrected chi connectivity index (χ0v) is 16.7. The van der Waals surface area contributed by atoms with Gasteiger partial charge in [0.2, 0.25) is 5.91 Å². The Kier molecular flexibility index (Phi) is 6.18. The van der Waals surface area contributed by atoms with Crippen molar-refractivity contribution >= 4 is 34.9 Å². The minimum Gasteiger partial charge on any atom is -0.342 e. The third-order valence-electron chi connectivity index (χ3n) is 4.16. The fourth-order valence-electron chi connectivity index (χ4n) is 2.67. The highest BCUT2D eigenvalue weighted by Gasteiger charge is 2.17. The third kappa shape index (κ3) is 4.33. The van der Waals surface area contributed by atoms with Crippen LogP contribution in [0.4, 0.5) is 0 Å². The molecule has 0 aliphatic rings. The van der Waals surface area contributed by atoms with Crippen molar-refractivity contribution in [2.45, 2.75) is 31.2 Å². The SMILES string of the molecule is CCN(CC)C(=O)Cn1nc2c(SCc3ccc(Cl)cc3)nccn2c1=O. The number of carbonyl (C=O) groups excluding carboxylic acids is 1. The Morgan fingerprint density at radius 3 is 2.59 bits per heavy atom. The molecular formula is C18H20ClN5O2S.